The number of hydrogen-bond donors (Lipinski definition) is 1. The molecular weight excluding hydrogens is 386 g/mol. The minimum absolute atomic E-state index is 0.167. The molecule has 7 heteroatoms. The van der Waals surface area contributed by atoms with Gasteiger partial charge in [0.05, 0.1) is 10.2 Å². The molecule has 0 fully saturated rings. The van der Waals surface area contributed by atoms with Crippen LogP contribution in [-0.4, -0.2) is 22.1 Å². The van der Waals surface area contributed by atoms with Crippen LogP contribution in [0.5, 0.6) is 11.5 Å². The summed E-state index contributed by atoms with van der Waals surface area (Å²) in [6.45, 7) is 4.45. The fraction of sp³-hybridized carbons (Fsp3) is 0.222. The van der Waals surface area contributed by atoms with Gasteiger partial charge in [-0.05, 0) is 59.1 Å². The lowest BCUT2D eigenvalue weighted by atomic mass is 10.2. The van der Waals surface area contributed by atoms with E-state index in [1.54, 1.807) is 0 Å². The molecule has 0 saturated heterocycles. The van der Waals surface area contributed by atoms with Gasteiger partial charge in [0.2, 0.25) is 6.79 Å². The minimum atomic E-state index is -0.167. The second-order valence-electron chi connectivity index (χ2n) is 5.98. The number of fused-ring (bicyclic) bond motifs is 2. The third-order valence-corrected chi connectivity index (χ3v) is 4.67. The number of amides is 1. The van der Waals surface area contributed by atoms with Crippen molar-refractivity contribution in [2.45, 2.75) is 20.4 Å². The maximum atomic E-state index is 12.7. The van der Waals surface area contributed by atoms with E-state index < -0.39 is 0 Å². The van der Waals surface area contributed by atoms with Crippen molar-refractivity contribution < 1.29 is 14.3 Å². The summed E-state index contributed by atoms with van der Waals surface area (Å²) in [6, 6.07) is 7.63. The Morgan fingerprint density at radius 2 is 2.08 bits per heavy atom. The summed E-state index contributed by atoms with van der Waals surface area (Å²) in [5, 5.41) is 2.95. The van der Waals surface area contributed by atoms with Gasteiger partial charge < -0.3 is 14.8 Å². The number of carbonyl (C=O) groups excluding carboxylic acids is 1. The number of nitrogens with one attached hydrogen (secondary N) is 1. The van der Waals surface area contributed by atoms with Gasteiger partial charge in [0.15, 0.2) is 17.1 Å². The predicted molar refractivity (Wildman–Crippen MR) is 96.1 cm³/mol. The normalized spacial score (nSPS) is 12.6. The Balaban J connectivity index is 1.59. The van der Waals surface area contributed by atoms with Gasteiger partial charge in [-0.1, -0.05) is 6.07 Å². The van der Waals surface area contributed by atoms with Crippen LogP contribution < -0.4 is 14.8 Å². The monoisotopic (exact) mass is 401 g/mol. The van der Waals surface area contributed by atoms with E-state index in [0.29, 0.717) is 23.7 Å². The van der Waals surface area contributed by atoms with E-state index in [2.05, 4.69) is 26.2 Å². The van der Waals surface area contributed by atoms with Crippen LogP contribution in [0.3, 0.4) is 0 Å². The highest BCUT2D eigenvalue weighted by atomic mass is 79.9. The zero-order valence-corrected chi connectivity index (χ0v) is 15.4. The average Bonchev–Trinajstić information content (AvgIpc) is 3.16. The Bertz CT molecular complexity index is 997. The maximum Gasteiger partial charge on any atom is 0.270 e. The van der Waals surface area contributed by atoms with Crippen molar-refractivity contribution in [3.8, 4) is 11.5 Å². The molecule has 0 saturated carbocycles. The lowest BCUT2D eigenvalue weighted by molar-refractivity contribution is 0.0944. The smallest absolute Gasteiger partial charge is 0.270 e. The van der Waals surface area contributed by atoms with E-state index in [4.69, 9.17) is 9.47 Å². The first kappa shape index (κ1) is 16.0. The molecule has 2 aromatic heterocycles. The topological polar surface area (TPSA) is 64.9 Å². The molecule has 25 heavy (non-hydrogen) atoms. The largest absolute Gasteiger partial charge is 0.454 e. The summed E-state index contributed by atoms with van der Waals surface area (Å²) < 4.78 is 13.4. The first-order chi connectivity index (χ1) is 12.0. The third kappa shape index (κ3) is 2.84. The summed E-state index contributed by atoms with van der Waals surface area (Å²) in [5.74, 6) is 1.27. The van der Waals surface area contributed by atoms with E-state index >= 15 is 0 Å². The van der Waals surface area contributed by atoms with E-state index in [1.807, 2.05) is 48.7 Å². The van der Waals surface area contributed by atoms with Gasteiger partial charge in [0.1, 0.15) is 5.69 Å². The van der Waals surface area contributed by atoms with Crippen LogP contribution in [0.25, 0.3) is 5.65 Å². The van der Waals surface area contributed by atoms with Crippen LogP contribution in [-0.2, 0) is 6.54 Å². The van der Waals surface area contributed by atoms with Crippen LogP contribution in [0, 0.1) is 13.8 Å². The molecule has 4 rings (SSSR count). The predicted octanol–water partition coefficient (Wildman–Crippen LogP) is 3.37. The number of pyridine rings is 1. The Hall–Kier alpha value is -2.54. The van der Waals surface area contributed by atoms with Crippen LogP contribution >= 0.6 is 15.9 Å². The van der Waals surface area contributed by atoms with E-state index in [9.17, 15) is 4.79 Å². The van der Waals surface area contributed by atoms with Crippen LogP contribution in [0.4, 0.5) is 0 Å². The average molecular weight is 402 g/mol. The summed E-state index contributed by atoms with van der Waals surface area (Å²) in [6.07, 6.45) is 1.91. The fourth-order valence-electron chi connectivity index (χ4n) is 2.94. The summed E-state index contributed by atoms with van der Waals surface area (Å²) in [4.78, 5) is 17.2. The van der Waals surface area contributed by atoms with Gasteiger partial charge in [-0.25, -0.2) is 4.98 Å². The molecule has 0 spiro atoms. The van der Waals surface area contributed by atoms with E-state index in [-0.39, 0.29) is 12.7 Å². The molecular formula is C18H16BrN3O3. The molecule has 128 valence electrons. The van der Waals surface area contributed by atoms with Crippen molar-refractivity contribution in [1.29, 1.82) is 0 Å². The second-order valence-corrected chi connectivity index (χ2v) is 6.83. The molecule has 1 N–H and O–H groups in total. The van der Waals surface area contributed by atoms with Gasteiger partial charge in [-0.2, -0.15) is 0 Å². The number of hydrogen-bond acceptors (Lipinski definition) is 4. The molecule has 0 atom stereocenters. The third-order valence-electron chi connectivity index (χ3n) is 4.09. The lowest BCUT2D eigenvalue weighted by Gasteiger charge is -2.08. The highest BCUT2D eigenvalue weighted by molar-refractivity contribution is 9.10. The van der Waals surface area contributed by atoms with Crippen LogP contribution in [0.15, 0.2) is 34.9 Å². The van der Waals surface area contributed by atoms with Crippen molar-refractivity contribution in [3.63, 3.8) is 0 Å². The molecule has 0 aliphatic carbocycles. The van der Waals surface area contributed by atoms with Crippen LogP contribution in [0.1, 0.15) is 27.3 Å². The molecule has 6 nitrogen and oxygen atoms in total. The molecule has 0 radical (unpaired) electrons. The van der Waals surface area contributed by atoms with E-state index in [1.165, 1.54) is 0 Å². The number of rotatable bonds is 3. The highest BCUT2D eigenvalue weighted by Crippen LogP contribution is 2.32. The summed E-state index contributed by atoms with van der Waals surface area (Å²) in [5.41, 5.74) is 3.95. The zero-order valence-electron chi connectivity index (χ0n) is 13.8. The van der Waals surface area contributed by atoms with Gasteiger partial charge >= 0.3 is 0 Å². The highest BCUT2D eigenvalue weighted by Gasteiger charge is 2.19. The molecule has 1 amide bonds. The number of aromatic nitrogens is 2. The van der Waals surface area contributed by atoms with Gasteiger partial charge in [0, 0.05) is 12.7 Å². The van der Waals surface area contributed by atoms with Crippen molar-refractivity contribution >= 4 is 27.5 Å². The number of halogens is 1. The molecule has 1 aromatic carbocycles. The number of carbonyl (C=O) groups is 1. The first-order valence-corrected chi connectivity index (χ1v) is 8.64. The molecule has 3 heterocycles. The molecule has 1 aliphatic heterocycles. The van der Waals surface area contributed by atoms with Crippen molar-refractivity contribution in [2.75, 3.05) is 6.79 Å². The second kappa shape index (κ2) is 6.07. The lowest BCUT2D eigenvalue weighted by Crippen LogP contribution is -2.25. The fourth-order valence-corrected chi connectivity index (χ4v) is 3.58. The van der Waals surface area contributed by atoms with Gasteiger partial charge in [-0.3, -0.25) is 9.20 Å². The Morgan fingerprint density at radius 1 is 1.28 bits per heavy atom. The van der Waals surface area contributed by atoms with Gasteiger partial charge in [-0.15, -0.1) is 0 Å². The van der Waals surface area contributed by atoms with Crippen LogP contribution in [0.2, 0.25) is 0 Å². The zero-order chi connectivity index (χ0) is 17.6. The molecule has 0 unspecified atom stereocenters. The number of nitrogens with zero attached hydrogens (tertiary/aromatic N) is 2. The number of aryl methyl sites for hydroxylation is 2. The Morgan fingerprint density at radius 3 is 2.92 bits per heavy atom. The minimum Gasteiger partial charge on any atom is -0.454 e. The first-order valence-electron chi connectivity index (χ1n) is 7.84. The van der Waals surface area contributed by atoms with Crippen molar-refractivity contribution in [1.82, 2.24) is 14.7 Å². The number of benzene rings is 1. The Labute approximate surface area is 152 Å². The molecule has 0 bridgehead atoms. The Kier molecular flexibility index (Phi) is 3.88. The quantitative estimate of drug-likeness (QED) is 0.730. The van der Waals surface area contributed by atoms with Gasteiger partial charge in [0.25, 0.3) is 5.91 Å². The number of imidazole rings is 1. The summed E-state index contributed by atoms with van der Waals surface area (Å²) >= 11 is 3.51. The van der Waals surface area contributed by atoms with Crippen molar-refractivity contribution in [2.24, 2.45) is 0 Å². The van der Waals surface area contributed by atoms with E-state index in [0.717, 1.165) is 27.0 Å². The molecule has 3 aromatic rings. The maximum absolute atomic E-state index is 12.7. The standard InChI is InChI=1S/C18H16BrN3O3/c1-10-5-13(19)17-21-11(2)16(22(17)8-10)18(23)20-7-12-3-4-14-15(6-12)25-9-24-14/h3-6,8H,7,9H2,1-2H3,(H,20,23). The summed E-state index contributed by atoms with van der Waals surface area (Å²) in [7, 11) is 0. The molecule has 1 aliphatic rings. The van der Waals surface area contributed by atoms with Crippen molar-refractivity contribution in [3.05, 3.63) is 57.4 Å². The SMILES string of the molecule is Cc1cc(Br)c2nc(C)c(C(=O)NCc3ccc4c(c3)OCO4)n2c1. The number of ether oxygens (including phenoxy) is 2.